The first-order valence-electron chi connectivity index (χ1n) is 6.98. The zero-order valence-electron chi connectivity index (χ0n) is 12.1. The van der Waals surface area contributed by atoms with Crippen LogP contribution in [0.1, 0.15) is 5.76 Å². The lowest BCUT2D eigenvalue weighted by molar-refractivity contribution is -0.113. The van der Waals surface area contributed by atoms with Gasteiger partial charge in [0.15, 0.2) is 5.69 Å². The zero-order chi connectivity index (χ0) is 16.5. The zero-order valence-corrected chi connectivity index (χ0v) is 12.9. The summed E-state index contributed by atoms with van der Waals surface area (Å²) in [6, 6.07) is 10.8. The van der Waals surface area contributed by atoms with Gasteiger partial charge in [0.2, 0.25) is 11.0 Å². The topological polar surface area (TPSA) is 103 Å². The number of hydrogen-bond acceptors (Lipinski definition) is 6. The van der Waals surface area contributed by atoms with Crippen LogP contribution in [0.2, 0.25) is 0 Å². The molecular weight excluding hydrogens is 328 g/mol. The van der Waals surface area contributed by atoms with E-state index in [0.717, 1.165) is 22.7 Å². The molecule has 0 bridgehead atoms. The Balaban J connectivity index is 1.59. The van der Waals surface area contributed by atoms with E-state index in [2.05, 4.69) is 20.2 Å². The van der Waals surface area contributed by atoms with E-state index in [-0.39, 0.29) is 11.0 Å². The number of carbonyl (C=O) groups is 1. The van der Waals surface area contributed by atoms with Crippen LogP contribution in [-0.4, -0.2) is 21.2 Å². The smallest absolute Gasteiger partial charge is 0.286 e. The molecule has 8 heteroatoms. The summed E-state index contributed by atoms with van der Waals surface area (Å²) >= 11 is 1.10. The van der Waals surface area contributed by atoms with Gasteiger partial charge in [-0.25, -0.2) is 0 Å². The van der Waals surface area contributed by atoms with Crippen molar-refractivity contribution in [3.63, 3.8) is 0 Å². The highest BCUT2D eigenvalue weighted by molar-refractivity contribution is 8.18. The molecule has 1 aliphatic rings. The van der Waals surface area contributed by atoms with E-state index in [4.69, 9.17) is 4.42 Å². The van der Waals surface area contributed by atoms with Crippen LogP contribution in [0.5, 0.6) is 5.88 Å². The number of H-pyrrole nitrogens is 1. The Labute approximate surface area is 139 Å². The van der Waals surface area contributed by atoms with Crippen LogP contribution in [0.25, 0.3) is 17.0 Å². The molecule has 0 aliphatic carbocycles. The number of hydrogen-bond donors (Lipinski definition) is 2. The predicted octanol–water partition coefficient (Wildman–Crippen LogP) is 4.22. The van der Waals surface area contributed by atoms with Crippen LogP contribution in [-0.2, 0) is 4.79 Å². The number of nitrogens with one attached hydrogen (secondary N) is 1. The normalized spacial score (nSPS) is 16.6. The Morgan fingerprint density at radius 2 is 2.08 bits per heavy atom. The number of aromatic amines is 1. The Hall–Kier alpha value is -3.13. The Kier molecular flexibility index (Phi) is 3.51. The number of thioether (sulfide) groups is 1. The fourth-order valence-electron chi connectivity index (χ4n) is 2.25. The molecule has 1 aromatic carbocycles. The second kappa shape index (κ2) is 5.82. The molecule has 2 aromatic heterocycles. The number of benzene rings is 1. The van der Waals surface area contributed by atoms with Gasteiger partial charge in [-0.2, -0.15) is 4.99 Å². The summed E-state index contributed by atoms with van der Waals surface area (Å²) in [7, 11) is 0. The number of azo groups is 1. The molecule has 7 nitrogen and oxygen atoms in total. The van der Waals surface area contributed by atoms with Gasteiger partial charge in [0.05, 0.1) is 16.7 Å². The first-order valence-corrected chi connectivity index (χ1v) is 7.80. The summed E-state index contributed by atoms with van der Waals surface area (Å²) in [4.78, 5) is 18.9. The minimum atomic E-state index is -0.395. The summed E-state index contributed by atoms with van der Waals surface area (Å²) in [5.41, 5.74) is 1.06. The van der Waals surface area contributed by atoms with E-state index < -0.39 is 5.91 Å². The Bertz CT molecular complexity index is 1020. The maximum atomic E-state index is 11.9. The number of aromatic nitrogens is 1. The SMILES string of the molecule is O=C1N=C(N=Nc2c(O)[nH]c3ccccc23)S/C1=C/c1ccco1. The maximum Gasteiger partial charge on any atom is 0.286 e. The van der Waals surface area contributed by atoms with Crippen molar-refractivity contribution in [2.24, 2.45) is 15.2 Å². The third-order valence-corrected chi connectivity index (χ3v) is 4.19. The van der Waals surface area contributed by atoms with Crippen molar-refractivity contribution >= 4 is 45.5 Å². The van der Waals surface area contributed by atoms with Crippen molar-refractivity contribution < 1.29 is 14.3 Å². The van der Waals surface area contributed by atoms with Crippen molar-refractivity contribution in [3.8, 4) is 5.88 Å². The molecule has 3 aromatic rings. The molecule has 0 spiro atoms. The minimum absolute atomic E-state index is 0.0822. The number of aliphatic imine (C=N–C) groups is 1. The highest BCUT2D eigenvalue weighted by atomic mass is 32.2. The van der Waals surface area contributed by atoms with E-state index in [1.807, 2.05) is 24.3 Å². The van der Waals surface area contributed by atoms with E-state index in [1.165, 1.54) is 6.26 Å². The summed E-state index contributed by atoms with van der Waals surface area (Å²) in [6.07, 6.45) is 3.12. The van der Waals surface area contributed by atoms with E-state index >= 15 is 0 Å². The van der Waals surface area contributed by atoms with Gasteiger partial charge >= 0.3 is 0 Å². The number of aromatic hydroxyl groups is 1. The Morgan fingerprint density at radius 3 is 2.92 bits per heavy atom. The summed E-state index contributed by atoms with van der Waals surface area (Å²) in [5.74, 6) is 0.0863. The number of amides is 1. The molecule has 0 atom stereocenters. The highest BCUT2D eigenvalue weighted by Crippen LogP contribution is 2.36. The maximum absolute atomic E-state index is 11.9. The number of amidine groups is 1. The third-order valence-electron chi connectivity index (χ3n) is 3.32. The van der Waals surface area contributed by atoms with Gasteiger partial charge in [-0.3, -0.25) is 4.79 Å². The predicted molar refractivity (Wildman–Crippen MR) is 91.2 cm³/mol. The molecule has 118 valence electrons. The Morgan fingerprint density at radius 1 is 1.21 bits per heavy atom. The van der Waals surface area contributed by atoms with Gasteiger partial charge in [0.25, 0.3) is 5.91 Å². The monoisotopic (exact) mass is 338 g/mol. The summed E-state index contributed by atoms with van der Waals surface area (Å²) < 4.78 is 5.18. The van der Waals surface area contributed by atoms with E-state index in [1.54, 1.807) is 18.2 Å². The molecular formula is C16H10N4O3S. The highest BCUT2D eigenvalue weighted by Gasteiger charge is 2.22. The van der Waals surface area contributed by atoms with Crippen molar-refractivity contribution in [2.75, 3.05) is 0 Å². The molecule has 0 saturated carbocycles. The lowest BCUT2D eigenvalue weighted by Gasteiger charge is -1.92. The van der Waals surface area contributed by atoms with Crippen molar-refractivity contribution in [1.29, 1.82) is 0 Å². The number of furan rings is 1. The van der Waals surface area contributed by atoms with Gasteiger partial charge in [-0.05, 0) is 30.0 Å². The molecule has 24 heavy (non-hydrogen) atoms. The van der Waals surface area contributed by atoms with E-state index in [9.17, 15) is 9.90 Å². The molecule has 3 heterocycles. The van der Waals surface area contributed by atoms with E-state index in [0.29, 0.717) is 16.4 Å². The second-order valence-corrected chi connectivity index (χ2v) is 5.90. The molecule has 0 radical (unpaired) electrons. The number of para-hydroxylation sites is 1. The standard InChI is InChI=1S/C16H10N4O3S/c21-14-12(8-9-4-3-7-23-9)24-16(18-14)20-19-13-10-5-1-2-6-11(10)17-15(13)22/h1-8,17,22H/b12-8+,20-19?. The molecule has 0 fully saturated rings. The van der Waals surface area contributed by atoms with Crippen LogP contribution in [0.3, 0.4) is 0 Å². The van der Waals surface area contributed by atoms with Crippen LogP contribution in [0.15, 0.2) is 67.2 Å². The van der Waals surface area contributed by atoms with Crippen molar-refractivity contribution in [1.82, 2.24) is 4.98 Å². The van der Waals surface area contributed by atoms with Crippen molar-refractivity contribution in [2.45, 2.75) is 0 Å². The van der Waals surface area contributed by atoms with Gasteiger partial charge in [0, 0.05) is 11.5 Å². The van der Waals surface area contributed by atoms with Crippen LogP contribution < -0.4 is 0 Å². The second-order valence-electron chi connectivity index (χ2n) is 4.89. The number of fused-ring (bicyclic) bond motifs is 1. The van der Waals surface area contributed by atoms with Gasteiger partial charge in [-0.1, -0.05) is 18.2 Å². The van der Waals surface area contributed by atoms with Gasteiger partial charge < -0.3 is 14.5 Å². The molecule has 2 N–H and O–H groups in total. The summed E-state index contributed by atoms with van der Waals surface area (Å²) in [5, 5.41) is 18.9. The fourth-order valence-corrected chi connectivity index (χ4v) is 2.97. The number of rotatable bonds is 2. The lowest BCUT2D eigenvalue weighted by atomic mass is 10.2. The van der Waals surface area contributed by atoms with Gasteiger partial charge in [0.1, 0.15) is 5.76 Å². The van der Waals surface area contributed by atoms with Crippen molar-refractivity contribution in [3.05, 3.63) is 53.3 Å². The number of carbonyl (C=O) groups excluding carboxylic acids is 1. The molecule has 4 rings (SSSR count). The first kappa shape index (κ1) is 14.5. The van der Waals surface area contributed by atoms with Gasteiger partial charge in [-0.15, -0.1) is 10.2 Å². The third kappa shape index (κ3) is 2.63. The minimum Gasteiger partial charge on any atom is -0.493 e. The quantitative estimate of drug-likeness (QED) is 0.539. The molecule has 0 saturated heterocycles. The average Bonchev–Trinajstić information content (AvgIpc) is 3.26. The average molecular weight is 338 g/mol. The molecule has 1 aliphatic heterocycles. The first-order chi connectivity index (χ1) is 11.7. The molecule has 1 amide bonds. The van der Waals surface area contributed by atoms with Crippen LogP contribution >= 0.6 is 11.8 Å². The number of nitrogens with zero attached hydrogens (tertiary/aromatic N) is 3. The molecule has 0 unspecified atom stereocenters. The lowest BCUT2D eigenvalue weighted by Crippen LogP contribution is -1.86. The fraction of sp³-hybridized carbons (Fsp3) is 0. The van der Waals surface area contributed by atoms with Crippen LogP contribution in [0.4, 0.5) is 5.69 Å². The summed E-state index contributed by atoms with van der Waals surface area (Å²) in [6.45, 7) is 0. The largest absolute Gasteiger partial charge is 0.493 e. The van der Waals surface area contributed by atoms with Crippen LogP contribution in [0, 0.1) is 0 Å².